The Morgan fingerprint density at radius 2 is 2.00 bits per heavy atom. The van der Waals surface area contributed by atoms with Crippen LogP contribution in [0.15, 0.2) is 4.99 Å². The number of Topliss-reactive ketones (excluding diaryl/α,β-unsaturated/α-hetero) is 1. The van der Waals surface area contributed by atoms with E-state index < -0.39 is 6.04 Å². The standard InChI is InChI=1S/C10H15NO2/c1-10(2,3)9(11-6-12)8(13)7-4-5-7/h7,9H,4-5H2,1-3H3/t9-/m1/s1. The fourth-order valence-electron chi connectivity index (χ4n) is 1.33. The van der Waals surface area contributed by atoms with Gasteiger partial charge in [-0.05, 0) is 18.3 Å². The minimum atomic E-state index is -0.502. The number of carbonyl (C=O) groups is 1. The molecule has 0 amide bonds. The minimum absolute atomic E-state index is 0.107. The summed E-state index contributed by atoms with van der Waals surface area (Å²) < 4.78 is 0. The zero-order valence-electron chi connectivity index (χ0n) is 8.33. The van der Waals surface area contributed by atoms with E-state index in [4.69, 9.17) is 0 Å². The highest BCUT2D eigenvalue weighted by Gasteiger charge is 2.40. The molecule has 1 fully saturated rings. The summed E-state index contributed by atoms with van der Waals surface area (Å²) in [4.78, 5) is 25.4. The van der Waals surface area contributed by atoms with E-state index in [1.165, 1.54) is 6.08 Å². The molecule has 0 bridgehead atoms. The predicted octanol–water partition coefficient (Wildman–Crippen LogP) is 1.72. The summed E-state index contributed by atoms with van der Waals surface area (Å²) in [6.45, 7) is 5.75. The van der Waals surface area contributed by atoms with Crippen LogP contribution in [0, 0.1) is 11.3 Å². The van der Waals surface area contributed by atoms with E-state index in [9.17, 15) is 9.59 Å². The molecule has 0 saturated heterocycles. The second-order valence-corrected chi connectivity index (χ2v) is 4.67. The Bertz CT molecular complexity index is 255. The molecule has 1 aliphatic rings. The number of ketones is 1. The van der Waals surface area contributed by atoms with Gasteiger partial charge in [-0.25, -0.2) is 4.79 Å². The topological polar surface area (TPSA) is 46.5 Å². The number of carbonyl (C=O) groups excluding carboxylic acids is 2. The fraction of sp³-hybridized carbons (Fsp3) is 0.800. The molecule has 0 spiro atoms. The van der Waals surface area contributed by atoms with Gasteiger partial charge in [0.15, 0.2) is 5.78 Å². The Hall–Kier alpha value is -0.950. The highest BCUT2D eigenvalue weighted by Crippen LogP contribution is 2.35. The molecule has 3 nitrogen and oxygen atoms in total. The molecule has 0 unspecified atom stereocenters. The largest absolute Gasteiger partial charge is 0.297 e. The van der Waals surface area contributed by atoms with Crippen LogP contribution in [0.4, 0.5) is 0 Å². The van der Waals surface area contributed by atoms with Gasteiger partial charge in [0, 0.05) is 5.92 Å². The zero-order chi connectivity index (χ0) is 10.1. The van der Waals surface area contributed by atoms with Gasteiger partial charge in [-0.15, -0.1) is 0 Å². The van der Waals surface area contributed by atoms with Crippen molar-refractivity contribution in [2.24, 2.45) is 16.3 Å². The van der Waals surface area contributed by atoms with Crippen LogP contribution < -0.4 is 0 Å². The molecular weight excluding hydrogens is 166 g/mol. The van der Waals surface area contributed by atoms with Crippen LogP contribution in [-0.4, -0.2) is 17.9 Å². The second-order valence-electron chi connectivity index (χ2n) is 4.67. The number of hydrogen-bond donors (Lipinski definition) is 0. The maximum absolute atomic E-state index is 11.7. The molecule has 72 valence electrons. The predicted molar refractivity (Wildman–Crippen MR) is 49.1 cm³/mol. The third-order valence-corrected chi connectivity index (χ3v) is 2.25. The van der Waals surface area contributed by atoms with Crippen molar-refractivity contribution in [3.8, 4) is 0 Å². The molecule has 1 aliphatic carbocycles. The first-order valence-electron chi connectivity index (χ1n) is 4.57. The van der Waals surface area contributed by atoms with Gasteiger partial charge < -0.3 is 0 Å². The van der Waals surface area contributed by atoms with Gasteiger partial charge in [0.05, 0.1) is 0 Å². The first-order valence-corrected chi connectivity index (χ1v) is 4.57. The lowest BCUT2D eigenvalue weighted by Gasteiger charge is -2.24. The summed E-state index contributed by atoms with van der Waals surface area (Å²) in [5.41, 5.74) is -0.267. The van der Waals surface area contributed by atoms with Crippen LogP contribution in [0.5, 0.6) is 0 Å². The van der Waals surface area contributed by atoms with Gasteiger partial charge in [-0.1, -0.05) is 20.8 Å². The maximum Gasteiger partial charge on any atom is 0.235 e. The van der Waals surface area contributed by atoms with Crippen molar-refractivity contribution in [1.29, 1.82) is 0 Å². The van der Waals surface area contributed by atoms with E-state index in [0.717, 1.165) is 12.8 Å². The minimum Gasteiger partial charge on any atom is -0.297 e. The summed E-state index contributed by atoms with van der Waals surface area (Å²) in [5.74, 6) is 0.261. The smallest absolute Gasteiger partial charge is 0.235 e. The molecule has 0 radical (unpaired) electrons. The Morgan fingerprint density at radius 3 is 2.31 bits per heavy atom. The van der Waals surface area contributed by atoms with Crippen molar-refractivity contribution < 1.29 is 9.59 Å². The van der Waals surface area contributed by atoms with Gasteiger partial charge in [0.25, 0.3) is 0 Å². The van der Waals surface area contributed by atoms with Gasteiger partial charge in [0.1, 0.15) is 6.04 Å². The van der Waals surface area contributed by atoms with Gasteiger partial charge in [-0.2, -0.15) is 4.99 Å². The Labute approximate surface area is 78.2 Å². The molecule has 0 aromatic rings. The van der Waals surface area contributed by atoms with Gasteiger partial charge >= 0.3 is 0 Å². The van der Waals surface area contributed by atoms with Crippen LogP contribution in [0.2, 0.25) is 0 Å². The molecule has 13 heavy (non-hydrogen) atoms. The van der Waals surface area contributed by atoms with E-state index in [-0.39, 0.29) is 17.1 Å². The number of rotatable bonds is 3. The summed E-state index contributed by atoms with van der Waals surface area (Å²) in [6, 6.07) is -0.502. The van der Waals surface area contributed by atoms with E-state index in [2.05, 4.69) is 4.99 Å². The summed E-state index contributed by atoms with van der Waals surface area (Å²) in [5, 5.41) is 0. The number of aliphatic imine (C=N–C) groups is 1. The van der Waals surface area contributed by atoms with Crippen molar-refractivity contribution in [2.45, 2.75) is 39.7 Å². The number of nitrogens with zero attached hydrogens (tertiary/aromatic N) is 1. The third-order valence-electron chi connectivity index (χ3n) is 2.25. The summed E-state index contributed by atoms with van der Waals surface area (Å²) in [7, 11) is 0. The van der Waals surface area contributed by atoms with Gasteiger partial charge in [0.2, 0.25) is 6.08 Å². The zero-order valence-corrected chi connectivity index (χ0v) is 8.33. The van der Waals surface area contributed by atoms with Crippen LogP contribution >= 0.6 is 0 Å². The molecule has 0 N–H and O–H groups in total. The Kier molecular flexibility index (Phi) is 2.67. The van der Waals surface area contributed by atoms with Crippen molar-refractivity contribution in [2.75, 3.05) is 0 Å². The van der Waals surface area contributed by atoms with Crippen LogP contribution in [0.3, 0.4) is 0 Å². The third kappa shape index (κ3) is 2.49. The lowest BCUT2D eigenvalue weighted by molar-refractivity contribution is -0.123. The average Bonchev–Trinajstić information content (AvgIpc) is 2.78. The molecule has 0 aliphatic heterocycles. The first-order chi connectivity index (χ1) is 5.96. The van der Waals surface area contributed by atoms with Crippen molar-refractivity contribution in [3.05, 3.63) is 0 Å². The SMILES string of the molecule is CC(C)(C)[C@H](N=C=O)C(=O)C1CC1. The number of isocyanates is 1. The van der Waals surface area contributed by atoms with Crippen LogP contribution in [0.1, 0.15) is 33.6 Å². The normalized spacial score (nSPS) is 19.0. The molecule has 1 saturated carbocycles. The molecule has 1 rings (SSSR count). The van der Waals surface area contributed by atoms with E-state index in [1.54, 1.807) is 0 Å². The van der Waals surface area contributed by atoms with E-state index >= 15 is 0 Å². The van der Waals surface area contributed by atoms with Crippen molar-refractivity contribution in [3.63, 3.8) is 0 Å². The highest BCUT2D eigenvalue weighted by molar-refractivity contribution is 5.89. The summed E-state index contributed by atoms with van der Waals surface area (Å²) >= 11 is 0. The van der Waals surface area contributed by atoms with Crippen LogP contribution in [-0.2, 0) is 9.59 Å². The van der Waals surface area contributed by atoms with E-state index in [1.807, 2.05) is 20.8 Å². The quantitative estimate of drug-likeness (QED) is 0.491. The monoisotopic (exact) mass is 181 g/mol. The Balaban J connectivity index is 2.77. The van der Waals surface area contributed by atoms with Crippen LogP contribution in [0.25, 0.3) is 0 Å². The molecule has 0 aromatic carbocycles. The lowest BCUT2D eigenvalue weighted by Crippen LogP contribution is -2.33. The molecule has 0 aromatic heterocycles. The molecular formula is C10H15NO2. The van der Waals surface area contributed by atoms with Gasteiger partial charge in [-0.3, -0.25) is 4.79 Å². The Morgan fingerprint density at radius 1 is 1.46 bits per heavy atom. The fourth-order valence-corrected chi connectivity index (χ4v) is 1.33. The lowest BCUT2D eigenvalue weighted by atomic mass is 9.83. The molecule has 0 heterocycles. The van der Waals surface area contributed by atoms with Crippen molar-refractivity contribution in [1.82, 2.24) is 0 Å². The summed E-state index contributed by atoms with van der Waals surface area (Å²) in [6.07, 6.45) is 3.41. The van der Waals surface area contributed by atoms with E-state index in [0.29, 0.717) is 0 Å². The maximum atomic E-state index is 11.7. The molecule has 1 atom stereocenters. The highest BCUT2D eigenvalue weighted by atomic mass is 16.1. The molecule has 3 heteroatoms. The first kappa shape index (κ1) is 10.1. The average molecular weight is 181 g/mol. The number of hydrogen-bond acceptors (Lipinski definition) is 3. The van der Waals surface area contributed by atoms with Crippen molar-refractivity contribution >= 4 is 11.9 Å². The second kappa shape index (κ2) is 3.43.